The second kappa shape index (κ2) is 7.69. The Morgan fingerprint density at radius 1 is 1.75 bits per heavy atom. The fourth-order valence-electron chi connectivity index (χ4n) is 0.321. The summed E-state index contributed by atoms with van der Waals surface area (Å²) in [6.07, 6.45) is 0.267. The summed E-state index contributed by atoms with van der Waals surface area (Å²) in [5.74, 6) is -0.908. The van der Waals surface area contributed by atoms with Crippen LogP contribution < -0.4 is 34.7 Å². The minimum atomic E-state index is -0.908. The molecule has 0 fully saturated rings. The molecular weight excluding hydrogens is 131 g/mol. The predicted octanol–water partition coefficient (Wildman–Crippen LogP) is -4.23. The van der Waals surface area contributed by atoms with Crippen molar-refractivity contribution in [1.29, 1.82) is 0 Å². The van der Waals surface area contributed by atoms with Gasteiger partial charge in [-0.05, 0) is 6.42 Å². The molecule has 0 heterocycles. The molecule has 0 aromatic carbocycles. The van der Waals surface area contributed by atoms with E-state index in [-0.39, 0.29) is 45.5 Å². The Balaban J connectivity index is 0. The van der Waals surface area contributed by atoms with Crippen LogP contribution in [0.3, 0.4) is 0 Å². The Morgan fingerprint density at radius 3 is 2.38 bits per heavy atom. The van der Waals surface area contributed by atoms with E-state index in [1.807, 2.05) is 0 Å². The van der Waals surface area contributed by atoms with Crippen LogP contribution in [0.2, 0.25) is 12.6 Å². The molecule has 2 nitrogen and oxygen atoms in total. The van der Waals surface area contributed by atoms with Crippen molar-refractivity contribution in [3.8, 4) is 0 Å². The van der Waals surface area contributed by atoms with E-state index in [0.29, 0.717) is 0 Å². The van der Waals surface area contributed by atoms with Crippen molar-refractivity contribution in [2.45, 2.75) is 19.0 Å². The SMILES string of the molecule is C[SiH2]CCC(=O)[O-].[Na+]. The smallest absolute Gasteiger partial charge is 0.550 e. The first-order chi connectivity index (χ1) is 3.27. The van der Waals surface area contributed by atoms with Gasteiger partial charge in [0, 0.05) is 15.5 Å². The van der Waals surface area contributed by atoms with Crippen molar-refractivity contribution in [2.24, 2.45) is 0 Å². The summed E-state index contributed by atoms with van der Waals surface area (Å²) in [6.45, 7) is 2.09. The molecule has 4 heteroatoms. The third-order valence-electron chi connectivity index (χ3n) is 0.734. The Labute approximate surface area is 73.8 Å². The van der Waals surface area contributed by atoms with Gasteiger partial charge in [0.1, 0.15) is 0 Å². The summed E-state index contributed by atoms with van der Waals surface area (Å²) in [5.41, 5.74) is 0. The van der Waals surface area contributed by atoms with E-state index in [2.05, 4.69) is 6.55 Å². The Morgan fingerprint density at radius 2 is 2.25 bits per heavy atom. The van der Waals surface area contributed by atoms with E-state index in [0.717, 1.165) is 6.04 Å². The van der Waals surface area contributed by atoms with Gasteiger partial charge in [0.25, 0.3) is 0 Å². The summed E-state index contributed by atoms with van der Waals surface area (Å²) < 4.78 is 0. The van der Waals surface area contributed by atoms with E-state index in [1.54, 1.807) is 0 Å². The molecule has 0 radical (unpaired) electrons. The van der Waals surface area contributed by atoms with Gasteiger partial charge in [-0.2, -0.15) is 0 Å². The minimum Gasteiger partial charge on any atom is -0.550 e. The molecule has 0 aromatic rings. The molecule has 0 unspecified atom stereocenters. The molecule has 0 spiro atoms. The van der Waals surface area contributed by atoms with Gasteiger partial charge < -0.3 is 9.90 Å². The first kappa shape index (κ1) is 11.5. The predicted molar refractivity (Wildman–Crippen MR) is 28.8 cm³/mol. The fourth-order valence-corrected chi connectivity index (χ4v) is 0.963. The minimum absolute atomic E-state index is 0. The zero-order valence-electron chi connectivity index (χ0n) is 5.44. The first-order valence-corrected chi connectivity index (χ1v) is 4.88. The van der Waals surface area contributed by atoms with E-state index in [9.17, 15) is 9.90 Å². The number of carboxylic acids is 1. The Kier molecular flexibility index (Phi) is 11.0. The third kappa shape index (κ3) is 9.84. The van der Waals surface area contributed by atoms with Gasteiger partial charge in [-0.15, -0.1) is 0 Å². The van der Waals surface area contributed by atoms with Crippen LogP contribution in [0.15, 0.2) is 0 Å². The van der Waals surface area contributed by atoms with Gasteiger partial charge in [-0.25, -0.2) is 0 Å². The zero-order chi connectivity index (χ0) is 5.70. The first-order valence-electron chi connectivity index (χ1n) is 2.47. The molecule has 0 N–H and O–H groups in total. The summed E-state index contributed by atoms with van der Waals surface area (Å²) in [6, 6.07) is 0.877. The molecule has 0 aliphatic rings. The average Bonchev–Trinajstić information content (AvgIpc) is 1.61. The van der Waals surface area contributed by atoms with Crippen molar-refractivity contribution in [3.05, 3.63) is 0 Å². The summed E-state index contributed by atoms with van der Waals surface area (Å²) >= 11 is 0. The maximum atomic E-state index is 9.67. The number of rotatable bonds is 3. The molecule has 8 heavy (non-hydrogen) atoms. The molecule has 42 valence electrons. The molecule has 0 amide bonds. The average molecular weight is 140 g/mol. The van der Waals surface area contributed by atoms with Gasteiger partial charge >= 0.3 is 29.6 Å². The van der Waals surface area contributed by atoms with Crippen LogP contribution >= 0.6 is 0 Å². The molecule has 0 atom stereocenters. The van der Waals surface area contributed by atoms with Crippen LogP contribution in [0.1, 0.15) is 6.42 Å². The second-order valence-corrected chi connectivity index (χ2v) is 3.18. The van der Waals surface area contributed by atoms with Crippen LogP contribution in [-0.2, 0) is 4.79 Å². The molecule has 0 bridgehead atoms. The molecule has 0 aliphatic heterocycles. The maximum absolute atomic E-state index is 9.67. The second-order valence-electron chi connectivity index (χ2n) is 1.48. The number of aliphatic carboxylic acids is 1. The molecule has 0 saturated carbocycles. The molecule has 0 aromatic heterocycles. The molecule has 0 rings (SSSR count). The van der Waals surface area contributed by atoms with Crippen molar-refractivity contribution in [2.75, 3.05) is 0 Å². The third-order valence-corrected chi connectivity index (χ3v) is 1.80. The molecular formula is C4H9NaO2Si. The van der Waals surface area contributed by atoms with Gasteiger partial charge in [-0.1, -0.05) is 12.6 Å². The standard InChI is InChI=1S/C4H10O2Si.Na/c1-7-3-2-4(5)6;/h2-3,7H2,1H3,(H,5,6);/q;+1/p-1. The van der Waals surface area contributed by atoms with Crippen molar-refractivity contribution in [1.82, 2.24) is 0 Å². The van der Waals surface area contributed by atoms with Crippen LogP contribution in [0.5, 0.6) is 0 Å². The van der Waals surface area contributed by atoms with Crippen LogP contribution in [0.4, 0.5) is 0 Å². The number of hydrogen-bond acceptors (Lipinski definition) is 2. The maximum Gasteiger partial charge on any atom is 1.00 e. The fraction of sp³-hybridized carbons (Fsp3) is 0.750. The number of hydrogen-bond donors (Lipinski definition) is 0. The largest absolute Gasteiger partial charge is 1.00 e. The van der Waals surface area contributed by atoms with E-state index in [4.69, 9.17) is 0 Å². The van der Waals surface area contributed by atoms with Crippen molar-refractivity contribution < 1.29 is 39.5 Å². The zero-order valence-corrected chi connectivity index (χ0v) is 8.85. The van der Waals surface area contributed by atoms with Crippen molar-refractivity contribution in [3.63, 3.8) is 0 Å². The van der Waals surface area contributed by atoms with Gasteiger partial charge in [-0.3, -0.25) is 0 Å². The van der Waals surface area contributed by atoms with Crippen LogP contribution in [0, 0.1) is 0 Å². The van der Waals surface area contributed by atoms with E-state index in [1.165, 1.54) is 0 Å². The summed E-state index contributed by atoms with van der Waals surface area (Å²) in [7, 11) is -0.0496. The molecule has 0 saturated heterocycles. The topological polar surface area (TPSA) is 40.1 Å². The normalized spacial score (nSPS) is 9.12. The van der Waals surface area contributed by atoms with Gasteiger partial charge in [0.05, 0.1) is 0 Å². The number of carboxylic acid groups (broad SMARTS) is 1. The monoisotopic (exact) mass is 140 g/mol. The van der Waals surface area contributed by atoms with Crippen molar-refractivity contribution >= 4 is 15.5 Å². The number of carbonyl (C=O) groups excluding carboxylic acids is 1. The van der Waals surface area contributed by atoms with E-state index >= 15 is 0 Å². The van der Waals surface area contributed by atoms with Gasteiger partial charge in [0.2, 0.25) is 0 Å². The quantitative estimate of drug-likeness (QED) is 0.373. The van der Waals surface area contributed by atoms with E-state index < -0.39 is 5.97 Å². The van der Waals surface area contributed by atoms with Gasteiger partial charge in [0.15, 0.2) is 0 Å². The number of carbonyl (C=O) groups is 1. The Hall–Kier alpha value is 0.687. The molecule has 0 aliphatic carbocycles. The Bertz CT molecular complexity index is 67.1. The summed E-state index contributed by atoms with van der Waals surface area (Å²) in [4.78, 5) is 9.67. The van der Waals surface area contributed by atoms with Crippen LogP contribution in [0.25, 0.3) is 0 Å². The summed E-state index contributed by atoms with van der Waals surface area (Å²) in [5, 5.41) is 9.67. The van der Waals surface area contributed by atoms with Crippen LogP contribution in [-0.4, -0.2) is 15.5 Å².